The van der Waals surface area contributed by atoms with Crippen LogP contribution >= 0.6 is 11.6 Å². The number of pyridine rings is 1. The monoisotopic (exact) mass is 531 g/mol. The maximum atomic E-state index is 13.6. The van der Waals surface area contributed by atoms with Gasteiger partial charge in [0, 0.05) is 29.0 Å². The molecular weight excluding hydrogens is 505 g/mol. The van der Waals surface area contributed by atoms with E-state index in [2.05, 4.69) is 10.6 Å². The van der Waals surface area contributed by atoms with E-state index in [9.17, 15) is 23.6 Å². The molecule has 0 unspecified atom stereocenters. The van der Waals surface area contributed by atoms with Crippen LogP contribution in [0.1, 0.15) is 19.8 Å². The second kappa shape index (κ2) is 15.0. The van der Waals surface area contributed by atoms with Crippen LogP contribution in [0.15, 0.2) is 65.6 Å². The number of anilines is 2. The van der Waals surface area contributed by atoms with Crippen LogP contribution in [0.25, 0.3) is 5.69 Å². The first-order chi connectivity index (χ1) is 17.8. The molecule has 2 amide bonds. The van der Waals surface area contributed by atoms with E-state index >= 15 is 0 Å². The van der Waals surface area contributed by atoms with E-state index in [4.69, 9.17) is 21.1 Å². The van der Waals surface area contributed by atoms with Crippen LogP contribution in [0.2, 0.25) is 5.02 Å². The lowest BCUT2D eigenvalue weighted by Crippen LogP contribution is -2.16. The Balaban J connectivity index is 0.000000223. The van der Waals surface area contributed by atoms with Gasteiger partial charge in [-0.2, -0.15) is 0 Å². The predicted octanol–water partition coefficient (Wildman–Crippen LogP) is 4.42. The number of amides is 2. The standard InChI is InChI=1S/C13H11FN2O3.C7H6ClNO.C6H10O2/c1-19-10-4-5-16(13(18)7-10)9-2-3-12(15-8-17)11(14)6-9;8-6-1-3-7(4-2-6)9-5-10;1-2-8-6(7)5-3-4-5/h2-8H,1H3,(H,15,17);1-5H,(H,9,10);5H,2-4H2,1H3. The lowest BCUT2D eigenvalue weighted by molar-refractivity contribution is -0.144. The molecule has 3 aromatic rings. The first-order valence-corrected chi connectivity index (χ1v) is 11.6. The summed E-state index contributed by atoms with van der Waals surface area (Å²) in [5, 5.41) is 5.38. The Morgan fingerprint density at radius 1 is 1.08 bits per heavy atom. The van der Waals surface area contributed by atoms with Gasteiger partial charge in [0.1, 0.15) is 11.6 Å². The second-order valence-electron chi connectivity index (χ2n) is 7.50. The third kappa shape index (κ3) is 9.77. The van der Waals surface area contributed by atoms with Crippen LogP contribution in [0.4, 0.5) is 15.8 Å². The maximum Gasteiger partial charge on any atom is 0.308 e. The summed E-state index contributed by atoms with van der Waals surface area (Å²) in [5.74, 6) is 0.0655. The minimum absolute atomic E-state index is 0.00694. The Kier molecular flexibility index (Phi) is 11.8. The van der Waals surface area contributed by atoms with Gasteiger partial charge in [-0.1, -0.05) is 11.6 Å². The molecule has 0 atom stereocenters. The van der Waals surface area contributed by atoms with E-state index in [1.165, 1.54) is 42.1 Å². The van der Waals surface area contributed by atoms with Crippen molar-refractivity contribution in [2.24, 2.45) is 5.92 Å². The molecule has 9 nitrogen and oxygen atoms in total. The number of nitrogens with zero attached hydrogens (tertiary/aromatic N) is 1. The Bertz CT molecular complexity index is 1250. The maximum absolute atomic E-state index is 13.6. The molecule has 196 valence electrons. The molecule has 1 fully saturated rings. The summed E-state index contributed by atoms with van der Waals surface area (Å²) >= 11 is 5.60. The quantitative estimate of drug-likeness (QED) is 0.328. The van der Waals surface area contributed by atoms with Crippen molar-refractivity contribution in [3.63, 3.8) is 0 Å². The van der Waals surface area contributed by atoms with Gasteiger partial charge in [0.15, 0.2) is 0 Å². The van der Waals surface area contributed by atoms with Gasteiger partial charge >= 0.3 is 5.97 Å². The molecule has 1 heterocycles. The molecule has 2 aromatic carbocycles. The van der Waals surface area contributed by atoms with Crippen molar-refractivity contribution in [1.29, 1.82) is 0 Å². The van der Waals surface area contributed by atoms with Crippen LogP contribution in [-0.4, -0.2) is 37.1 Å². The summed E-state index contributed by atoms with van der Waals surface area (Å²) in [4.78, 5) is 42.6. The van der Waals surface area contributed by atoms with Crippen molar-refractivity contribution in [1.82, 2.24) is 4.57 Å². The number of halogens is 2. The van der Waals surface area contributed by atoms with Crippen molar-refractivity contribution < 1.29 is 28.2 Å². The molecule has 1 aliphatic carbocycles. The average molecular weight is 532 g/mol. The van der Waals surface area contributed by atoms with Crippen LogP contribution in [0.3, 0.4) is 0 Å². The zero-order chi connectivity index (χ0) is 27.2. The van der Waals surface area contributed by atoms with Gasteiger partial charge < -0.3 is 20.1 Å². The van der Waals surface area contributed by atoms with Crippen molar-refractivity contribution >= 4 is 41.8 Å². The van der Waals surface area contributed by atoms with Crippen molar-refractivity contribution in [3.8, 4) is 11.4 Å². The van der Waals surface area contributed by atoms with Gasteiger partial charge in [-0.15, -0.1) is 0 Å². The summed E-state index contributed by atoms with van der Waals surface area (Å²) in [6.45, 7) is 2.36. The summed E-state index contributed by atoms with van der Waals surface area (Å²) in [6.07, 6.45) is 4.58. The largest absolute Gasteiger partial charge is 0.497 e. The smallest absolute Gasteiger partial charge is 0.308 e. The average Bonchev–Trinajstić information content (AvgIpc) is 3.74. The number of carbonyl (C=O) groups excluding carboxylic acids is 3. The van der Waals surface area contributed by atoms with Gasteiger partial charge in [-0.3, -0.25) is 23.7 Å². The summed E-state index contributed by atoms with van der Waals surface area (Å²) < 4.78 is 24.6. The first kappa shape index (κ1) is 29.1. The highest BCUT2D eigenvalue weighted by Crippen LogP contribution is 2.29. The Morgan fingerprint density at radius 2 is 1.76 bits per heavy atom. The van der Waals surface area contributed by atoms with Crippen LogP contribution in [0, 0.1) is 11.7 Å². The molecule has 1 aliphatic rings. The number of hydrogen-bond acceptors (Lipinski definition) is 6. The summed E-state index contributed by atoms with van der Waals surface area (Å²) in [7, 11) is 1.46. The number of ether oxygens (including phenoxy) is 2. The van der Waals surface area contributed by atoms with Crippen molar-refractivity contribution in [3.05, 3.63) is 82.0 Å². The fraction of sp³-hybridized carbons (Fsp3) is 0.231. The van der Waals surface area contributed by atoms with Gasteiger partial charge in [-0.05, 0) is 62.2 Å². The molecular formula is C26H27ClFN3O6. The van der Waals surface area contributed by atoms with Crippen LogP contribution < -0.4 is 20.9 Å². The molecule has 11 heteroatoms. The van der Waals surface area contributed by atoms with Gasteiger partial charge in [0.05, 0.1) is 31.0 Å². The summed E-state index contributed by atoms with van der Waals surface area (Å²) in [6, 6.07) is 13.9. The van der Waals surface area contributed by atoms with E-state index in [-0.39, 0.29) is 23.1 Å². The number of benzene rings is 2. The SMILES string of the molecule is CCOC(=O)C1CC1.COc1ccn(-c2ccc(NC=O)c(F)c2)c(=O)c1.O=CNc1ccc(Cl)cc1. The molecule has 0 bridgehead atoms. The van der Waals surface area contributed by atoms with E-state index in [1.54, 1.807) is 30.3 Å². The topological polar surface area (TPSA) is 116 Å². The van der Waals surface area contributed by atoms with Gasteiger partial charge in [-0.25, -0.2) is 4.39 Å². The molecule has 1 saturated carbocycles. The Labute approximate surface area is 218 Å². The minimum atomic E-state index is -0.618. The zero-order valence-electron chi connectivity index (χ0n) is 20.3. The number of hydrogen-bond donors (Lipinski definition) is 2. The van der Waals surface area contributed by atoms with Gasteiger partial charge in [0.25, 0.3) is 5.56 Å². The lowest BCUT2D eigenvalue weighted by atomic mass is 10.2. The van der Waals surface area contributed by atoms with Crippen molar-refractivity contribution in [2.45, 2.75) is 19.8 Å². The highest BCUT2D eigenvalue weighted by Gasteiger charge is 2.30. The predicted molar refractivity (Wildman–Crippen MR) is 139 cm³/mol. The van der Waals surface area contributed by atoms with Crippen LogP contribution in [0.5, 0.6) is 5.75 Å². The fourth-order valence-corrected chi connectivity index (χ4v) is 2.95. The molecule has 2 N–H and O–H groups in total. The molecule has 0 spiro atoms. The molecule has 4 rings (SSSR count). The molecule has 1 aromatic heterocycles. The fourth-order valence-electron chi connectivity index (χ4n) is 2.83. The number of carbonyl (C=O) groups is 3. The number of nitrogens with one attached hydrogen (secondary N) is 2. The van der Waals surface area contributed by atoms with Crippen molar-refractivity contribution in [2.75, 3.05) is 24.4 Å². The molecule has 37 heavy (non-hydrogen) atoms. The lowest BCUT2D eigenvalue weighted by Gasteiger charge is -2.08. The molecule has 0 aliphatic heterocycles. The normalized spacial score (nSPS) is 11.5. The van der Waals surface area contributed by atoms with E-state index in [0.29, 0.717) is 35.9 Å². The first-order valence-electron chi connectivity index (χ1n) is 11.2. The number of methoxy groups -OCH3 is 1. The third-order valence-corrected chi connectivity index (χ3v) is 5.09. The minimum Gasteiger partial charge on any atom is -0.497 e. The third-order valence-electron chi connectivity index (χ3n) is 4.84. The number of esters is 1. The van der Waals surface area contributed by atoms with Crippen LogP contribution in [-0.2, 0) is 19.1 Å². The second-order valence-corrected chi connectivity index (χ2v) is 7.93. The number of aromatic nitrogens is 1. The van der Waals surface area contributed by atoms with E-state index in [1.807, 2.05) is 6.92 Å². The zero-order valence-corrected chi connectivity index (χ0v) is 21.0. The Morgan fingerprint density at radius 3 is 2.27 bits per heavy atom. The Hall–Kier alpha value is -4.18. The molecule has 0 radical (unpaired) electrons. The van der Waals surface area contributed by atoms with E-state index in [0.717, 1.165) is 18.5 Å². The number of rotatable bonds is 8. The van der Waals surface area contributed by atoms with E-state index < -0.39 is 5.82 Å². The highest BCUT2D eigenvalue weighted by molar-refractivity contribution is 6.30. The highest BCUT2D eigenvalue weighted by atomic mass is 35.5. The summed E-state index contributed by atoms with van der Waals surface area (Å²) in [5.41, 5.74) is 0.830. The van der Waals surface area contributed by atoms with Gasteiger partial charge in [0.2, 0.25) is 12.8 Å². The molecule has 0 saturated heterocycles.